The topological polar surface area (TPSA) is 49.4 Å². The lowest BCUT2D eigenvalue weighted by Gasteiger charge is -2.32. The molecule has 1 unspecified atom stereocenters. The van der Waals surface area contributed by atoms with Gasteiger partial charge in [0.05, 0.1) is 0 Å². The van der Waals surface area contributed by atoms with Crippen LogP contribution in [0.4, 0.5) is 0 Å². The maximum Gasteiger partial charge on any atom is 0.253 e. The number of piperidine rings is 1. The summed E-state index contributed by atoms with van der Waals surface area (Å²) >= 11 is 0. The molecule has 0 spiro atoms. The third-order valence-corrected chi connectivity index (χ3v) is 5.15. The molecule has 0 aromatic heterocycles. The summed E-state index contributed by atoms with van der Waals surface area (Å²) < 4.78 is 0. The molecule has 2 rings (SSSR count). The first-order chi connectivity index (χ1) is 11.7. The summed E-state index contributed by atoms with van der Waals surface area (Å²) in [5.74, 6) is 0.235. The first kappa shape index (κ1) is 19.5. The van der Waals surface area contributed by atoms with Crippen LogP contribution in [-0.4, -0.2) is 35.8 Å². The molecule has 1 aromatic rings. The van der Waals surface area contributed by atoms with Crippen molar-refractivity contribution in [2.24, 2.45) is 5.92 Å². The van der Waals surface area contributed by atoms with Gasteiger partial charge in [-0.05, 0) is 49.3 Å². The predicted octanol–water partition coefficient (Wildman–Crippen LogP) is 3.75. The molecule has 138 valence electrons. The number of nitrogens with zero attached hydrogens (tertiary/aromatic N) is 1. The molecule has 1 saturated heterocycles. The summed E-state index contributed by atoms with van der Waals surface area (Å²) in [6.07, 6.45) is 2.43. The summed E-state index contributed by atoms with van der Waals surface area (Å²) in [5.41, 5.74) is 2.04. The van der Waals surface area contributed by atoms with Gasteiger partial charge in [-0.1, -0.05) is 39.8 Å². The van der Waals surface area contributed by atoms with Gasteiger partial charge in [0.25, 0.3) is 5.91 Å². The monoisotopic (exact) mass is 344 g/mol. The van der Waals surface area contributed by atoms with Crippen LogP contribution in [0.15, 0.2) is 24.3 Å². The molecule has 4 heteroatoms. The number of hydrogen-bond donors (Lipinski definition) is 1. The quantitative estimate of drug-likeness (QED) is 0.904. The molecule has 0 saturated carbocycles. The lowest BCUT2D eigenvalue weighted by Crippen LogP contribution is -2.44. The van der Waals surface area contributed by atoms with Crippen LogP contribution < -0.4 is 5.32 Å². The zero-order chi connectivity index (χ0) is 18.6. The van der Waals surface area contributed by atoms with Crippen molar-refractivity contribution in [3.8, 4) is 0 Å². The van der Waals surface area contributed by atoms with Crippen molar-refractivity contribution in [1.29, 1.82) is 0 Å². The van der Waals surface area contributed by atoms with Gasteiger partial charge in [0, 0.05) is 30.6 Å². The maximum absolute atomic E-state index is 12.7. The number of carbonyl (C=O) groups excluding carboxylic acids is 2. The van der Waals surface area contributed by atoms with Gasteiger partial charge in [0.15, 0.2) is 0 Å². The lowest BCUT2D eigenvalue weighted by molar-refractivity contribution is -0.126. The Kier molecular flexibility index (Phi) is 6.26. The summed E-state index contributed by atoms with van der Waals surface area (Å²) in [6.45, 7) is 11.9. The van der Waals surface area contributed by atoms with E-state index in [4.69, 9.17) is 0 Å². The standard InChI is InChI=1S/C21H32N2O2/c1-6-15(2)22-19(24)16-11-13-23(14-12-16)20(25)17-7-9-18(10-8-17)21(3,4)5/h7-10,15-16H,6,11-14H2,1-5H3,(H,22,24). The zero-order valence-electron chi connectivity index (χ0n) is 16.3. The van der Waals surface area contributed by atoms with Crippen LogP contribution in [0.5, 0.6) is 0 Å². The highest BCUT2D eigenvalue weighted by Gasteiger charge is 2.28. The number of nitrogens with one attached hydrogen (secondary N) is 1. The van der Waals surface area contributed by atoms with Gasteiger partial charge in [-0.2, -0.15) is 0 Å². The second-order valence-electron chi connectivity index (χ2n) is 8.21. The molecule has 1 atom stereocenters. The van der Waals surface area contributed by atoms with E-state index in [9.17, 15) is 9.59 Å². The van der Waals surface area contributed by atoms with Crippen LogP contribution in [0.3, 0.4) is 0 Å². The van der Waals surface area contributed by atoms with Crippen molar-refractivity contribution in [3.63, 3.8) is 0 Å². The van der Waals surface area contributed by atoms with Gasteiger partial charge in [-0.25, -0.2) is 0 Å². The minimum atomic E-state index is 0.0290. The molecular weight excluding hydrogens is 312 g/mol. The molecule has 1 fully saturated rings. The molecule has 0 aliphatic carbocycles. The zero-order valence-corrected chi connectivity index (χ0v) is 16.3. The van der Waals surface area contributed by atoms with Crippen LogP contribution in [0.1, 0.15) is 69.8 Å². The van der Waals surface area contributed by atoms with E-state index in [1.165, 1.54) is 5.56 Å². The van der Waals surface area contributed by atoms with E-state index in [0.717, 1.165) is 24.8 Å². The van der Waals surface area contributed by atoms with E-state index in [1.807, 2.05) is 36.1 Å². The van der Waals surface area contributed by atoms with E-state index in [2.05, 4.69) is 33.0 Å². The maximum atomic E-state index is 12.7. The SMILES string of the molecule is CCC(C)NC(=O)C1CCN(C(=O)c2ccc(C(C)(C)C)cc2)CC1. The average molecular weight is 344 g/mol. The predicted molar refractivity (Wildman–Crippen MR) is 102 cm³/mol. The Morgan fingerprint density at radius 3 is 2.20 bits per heavy atom. The van der Waals surface area contributed by atoms with Crippen molar-refractivity contribution < 1.29 is 9.59 Å². The average Bonchev–Trinajstić information content (AvgIpc) is 2.60. The van der Waals surface area contributed by atoms with Crippen LogP contribution in [0, 0.1) is 5.92 Å². The van der Waals surface area contributed by atoms with Crippen molar-refractivity contribution >= 4 is 11.8 Å². The number of rotatable bonds is 4. The van der Waals surface area contributed by atoms with Crippen molar-refractivity contribution in [3.05, 3.63) is 35.4 Å². The first-order valence-electron chi connectivity index (χ1n) is 9.42. The molecule has 1 heterocycles. The van der Waals surface area contributed by atoms with Gasteiger partial charge in [-0.15, -0.1) is 0 Å². The summed E-state index contributed by atoms with van der Waals surface area (Å²) in [4.78, 5) is 26.8. The number of benzene rings is 1. The third-order valence-electron chi connectivity index (χ3n) is 5.15. The van der Waals surface area contributed by atoms with Gasteiger partial charge >= 0.3 is 0 Å². The van der Waals surface area contributed by atoms with E-state index in [-0.39, 0.29) is 29.2 Å². The molecule has 0 bridgehead atoms. The Balaban J connectivity index is 1.92. The fraction of sp³-hybridized carbons (Fsp3) is 0.619. The highest BCUT2D eigenvalue weighted by atomic mass is 16.2. The smallest absolute Gasteiger partial charge is 0.253 e. The van der Waals surface area contributed by atoms with E-state index in [1.54, 1.807) is 0 Å². The highest BCUT2D eigenvalue weighted by molar-refractivity contribution is 5.94. The molecule has 1 N–H and O–H groups in total. The lowest BCUT2D eigenvalue weighted by atomic mass is 9.86. The Hall–Kier alpha value is -1.84. The number of hydrogen-bond acceptors (Lipinski definition) is 2. The molecule has 1 aliphatic heterocycles. The van der Waals surface area contributed by atoms with Crippen molar-refractivity contribution in [1.82, 2.24) is 10.2 Å². The molecule has 4 nitrogen and oxygen atoms in total. The molecule has 1 aliphatic rings. The van der Waals surface area contributed by atoms with Gasteiger partial charge in [0.2, 0.25) is 5.91 Å². The summed E-state index contributed by atoms with van der Waals surface area (Å²) in [5, 5.41) is 3.05. The van der Waals surface area contributed by atoms with E-state index < -0.39 is 0 Å². The molecular formula is C21H32N2O2. The van der Waals surface area contributed by atoms with Gasteiger partial charge < -0.3 is 10.2 Å². The Bertz CT molecular complexity index is 593. The number of carbonyl (C=O) groups is 2. The fourth-order valence-electron chi connectivity index (χ4n) is 3.10. The Morgan fingerprint density at radius 2 is 1.72 bits per heavy atom. The summed E-state index contributed by atoms with van der Waals surface area (Å²) in [7, 11) is 0. The van der Waals surface area contributed by atoms with Crippen LogP contribution in [-0.2, 0) is 10.2 Å². The highest BCUT2D eigenvalue weighted by Crippen LogP contribution is 2.24. The molecule has 1 aromatic carbocycles. The first-order valence-corrected chi connectivity index (χ1v) is 9.42. The van der Waals surface area contributed by atoms with Crippen LogP contribution in [0.25, 0.3) is 0 Å². The van der Waals surface area contributed by atoms with Gasteiger partial charge in [0.1, 0.15) is 0 Å². The molecule has 0 radical (unpaired) electrons. The van der Waals surface area contributed by atoms with E-state index >= 15 is 0 Å². The Labute approximate surface area is 152 Å². The number of amides is 2. The fourth-order valence-corrected chi connectivity index (χ4v) is 3.10. The number of likely N-dealkylation sites (tertiary alicyclic amines) is 1. The van der Waals surface area contributed by atoms with Crippen LogP contribution in [0.2, 0.25) is 0 Å². The largest absolute Gasteiger partial charge is 0.353 e. The van der Waals surface area contributed by atoms with E-state index in [0.29, 0.717) is 13.1 Å². The molecule has 25 heavy (non-hydrogen) atoms. The normalized spacial score (nSPS) is 17.2. The van der Waals surface area contributed by atoms with Crippen molar-refractivity contribution in [2.75, 3.05) is 13.1 Å². The van der Waals surface area contributed by atoms with Gasteiger partial charge in [-0.3, -0.25) is 9.59 Å². The second kappa shape index (κ2) is 8.03. The van der Waals surface area contributed by atoms with Crippen molar-refractivity contribution in [2.45, 2.75) is 65.3 Å². The Morgan fingerprint density at radius 1 is 1.16 bits per heavy atom. The van der Waals surface area contributed by atoms with Crippen LogP contribution >= 0.6 is 0 Å². The summed E-state index contributed by atoms with van der Waals surface area (Å²) in [6, 6.07) is 8.14. The molecule has 2 amide bonds. The minimum Gasteiger partial charge on any atom is -0.353 e. The third kappa shape index (κ3) is 5.07. The minimum absolute atomic E-state index is 0.0290. The second-order valence-corrected chi connectivity index (χ2v) is 8.21.